The number of ether oxygens (including phenoxy) is 1. The number of aromatic nitrogens is 2. The molecule has 0 radical (unpaired) electrons. The van der Waals surface area contributed by atoms with E-state index in [1.54, 1.807) is 17.0 Å². The highest BCUT2D eigenvalue weighted by Gasteiger charge is 2.24. The SMILES string of the molecule is C=CCOCc1cncc2c1CCN(C(=O)c1cscn1)C2. The summed E-state index contributed by atoms with van der Waals surface area (Å²) in [4.78, 5) is 22.6. The number of amides is 1. The standard InChI is InChI=1S/C16H17N3O2S/c1-2-5-21-9-13-7-17-6-12-8-19(4-3-14(12)13)16(20)15-10-22-11-18-15/h2,6-7,10-11H,1,3-5,8-9H2. The lowest BCUT2D eigenvalue weighted by atomic mass is 9.97. The summed E-state index contributed by atoms with van der Waals surface area (Å²) in [6, 6.07) is 0. The summed E-state index contributed by atoms with van der Waals surface area (Å²) in [5, 5.41) is 1.79. The van der Waals surface area contributed by atoms with Crippen molar-refractivity contribution >= 4 is 17.2 Å². The van der Waals surface area contributed by atoms with Gasteiger partial charge < -0.3 is 9.64 Å². The lowest BCUT2D eigenvalue weighted by Crippen LogP contribution is -2.36. The first kappa shape index (κ1) is 14.9. The number of rotatable bonds is 5. The van der Waals surface area contributed by atoms with Gasteiger partial charge in [0, 0.05) is 30.9 Å². The van der Waals surface area contributed by atoms with Crippen molar-refractivity contribution in [2.24, 2.45) is 0 Å². The molecule has 0 bridgehead atoms. The molecule has 2 aromatic heterocycles. The first-order valence-electron chi connectivity index (χ1n) is 7.10. The zero-order valence-corrected chi connectivity index (χ0v) is 13.0. The molecule has 1 aliphatic rings. The minimum atomic E-state index is -0.0137. The van der Waals surface area contributed by atoms with Crippen LogP contribution in [-0.4, -0.2) is 33.9 Å². The molecule has 1 amide bonds. The van der Waals surface area contributed by atoms with E-state index in [1.165, 1.54) is 16.9 Å². The van der Waals surface area contributed by atoms with Gasteiger partial charge in [-0.1, -0.05) is 6.08 Å². The van der Waals surface area contributed by atoms with E-state index in [1.807, 2.05) is 17.3 Å². The lowest BCUT2D eigenvalue weighted by molar-refractivity contribution is 0.0728. The van der Waals surface area contributed by atoms with E-state index >= 15 is 0 Å². The van der Waals surface area contributed by atoms with Crippen molar-refractivity contribution in [3.8, 4) is 0 Å². The van der Waals surface area contributed by atoms with Crippen LogP contribution in [0.15, 0.2) is 35.9 Å². The van der Waals surface area contributed by atoms with Crippen molar-refractivity contribution in [1.82, 2.24) is 14.9 Å². The molecule has 3 rings (SSSR count). The molecule has 0 aliphatic carbocycles. The van der Waals surface area contributed by atoms with Crippen molar-refractivity contribution in [1.29, 1.82) is 0 Å². The molecule has 3 heterocycles. The number of fused-ring (bicyclic) bond motifs is 1. The molecule has 0 atom stereocenters. The smallest absolute Gasteiger partial charge is 0.273 e. The number of carbonyl (C=O) groups is 1. The molecule has 114 valence electrons. The van der Waals surface area contributed by atoms with Crippen LogP contribution in [0.1, 0.15) is 27.2 Å². The third-order valence-electron chi connectivity index (χ3n) is 3.66. The highest BCUT2D eigenvalue weighted by Crippen LogP contribution is 2.23. The van der Waals surface area contributed by atoms with Crippen LogP contribution < -0.4 is 0 Å². The Labute approximate surface area is 133 Å². The van der Waals surface area contributed by atoms with Gasteiger partial charge in [0.2, 0.25) is 0 Å². The van der Waals surface area contributed by atoms with Crippen LogP contribution in [0.25, 0.3) is 0 Å². The van der Waals surface area contributed by atoms with E-state index in [4.69, 9.17) is 4.74 Å². The van der Waals surface area contributed by atoms with Gasteiger partial charge in [0.1, 0.15) is 5.69 Å². The molecule has 1 aliphatic heterocycles. The normalized spacial score (nSPS) is 13.7. The van der Waals surface area contributed by atoms with E-state index in [-0.39, 0.29) is 5.91 Å². The zero-order chi connectivity index (χ0) is 15.4. The van der Waals surface area contributed by atoms with Crippen molar-refractivity contribution < 1.29 is 9.53 Å². The van der Waals surface area contributed by atoms with Gasteiger partial charge in [-0.15, -0.1) is 17.9 Å². The third-order valence-corrected chi connectivity index (χ3v) is 4.25. The molecular weight excluding hydrogens is 298 g/mol. The van der Waals surface area contributed by atoms with Crippen LogP contribution in [0, 0.1) is 0 Å². The van der Waals surface area contributed by atoms with Crippen LogP contribution in [0.2, 0.25) is 0 Å². The number of hydrogen-bond donors (Lipinski definition) is 0. The molecule has 6 heteroatoms. The Morgan fingerprint density at radius 1 is 1.50 bits per heavy atom. The van der Waals surface area contributed by atoms with E-state index in [0.717, 1.165) is 17.5 Å². The predicted octanol–water partition coefficient (Wildman–Crippen LogP) is 2.44. The Bertz CT molecular complexity index is 670. The Morgan fingerprint density at radius 2 is 2.41 bits per heavy atom. The van der Waals surface area contributed by atoms with Crippen molar-refractivity contribution in [2.75, 3.05) is 13.2 Å². The van der Waals surface area contributed by atoms with Crippen LogP contribution in [-0.2, 0) is 24.3 Å². The van der Waals surface area contributed by atoms with Gasteiger partial charge in [-0.25, -0.2) is 4.98 Å². The summed E-state index contributed by atoms with van der Waals surface area (Å²) in [7, 11) is 0. The quantitative estimate of drug-likeness (QED) is 0.628. The minimum absolute atomic E-state index is 0.0137. The summed E-state index contributed by atoms with van der Waals surface area (Å²) in [5.41, 5.74) is 5.64. The number of carbonyl (C=O) groups excluding carboxylic acids is 1. The van der Waals surface area contributed by atoms with Gasteiger partial charge in [-0.05, 0) is 23.1 Å². The largest absolute Gasteiger partial charge is 0.373 e. The van der Waals surface area contributed by atoms with Crippen molar-refractivity contribution in [3.05, 3.63) is 58.3 Å². The highest BCUT2D eigenvalue weighted by atomic mass is 32.1. The molecule has 0 saturated carbocycles. The Morgan fingerprint density at radius 3 is 3.18 bits per heavy atom. The van der Waals surface area contributed by atoms with Gasteiger partial charge in [0.15, 0.2) is 0 Å². The fourth-order valence-electron chi connectivity index (χ4n) is 2.60. The first-order valence-corrected chi connectivity index (χ1v) is 8.04. The highest BCUT2D eigenvalue weighted by molar-refractivity contribution is 7.07. The van der Waals surface area contributed by atoms with Gasteiger partial charge in [-0.2, -0.15) is 0 Å². The van der Waals surface area contributed by atoms with E-state index in [2.05, 4.69) is 16.5 Å². The molecule has 0 aromatic carbocycles. The fraction of sp³-hybridized carbons (Fsp3) is 0.312. The molecule has 0 spiro atoms. The maximum Gasteiger partial charge on any atom is 0.273 e. The van der Waals surface area contributed by atoms with Crippen molar-refractivity contribution in [2.45, 2.75) is 19.6 Å². The van der Waals surface area contributed by atoms with E-state index in [9.17, 15) is 4.79 Å². The number of pyridine rings is 1. The number of hydrogen-bond acceptors (Lipinski definition) is 5. The number of nitrogens with zero attached hydrogens (tertiary/aromatic N) is 3. The van der Waals surface area contributed by atoms with E-state index < -0.39 is 0 Å². The summed E-state index contributed by atoms with van der Waals surface area (Å²) < 4.78 is 5.52. The predicted molar refractivity (Wildman–Crippen MR) is 84.6 cm³/mol. The second-order valence-electron chi connectivity index (χ2n) is 5.09. The second kappa shape index (κ2) is 6.81. The van der Waals surface area contributed by atoms with E-state index in [0.29, 0.717) is 32.0 Å². The molecule has 5 nitrogen and oxygen atoms in total. The van der Waals surface area contributed by atoms with Crippen LogP contribution in [0.4, 0.5) is 0 Å². The molecule has 0 N–H and O–H groups in total. The first-order chi connectivity index (χ1) is 10.8. The van der Waals surface area contributed by atoms with Crippen LogP contribution >= 0.6 is 11.3 Å². The maximum atomic E-state index is 12.4. The maximum absolute atomic E-state index is 12.4. The molecule has 2 aromatic rings. The van der Waals surface area contributed by atoms with Crippen molar-refractivity contribution in [3.63, 3.8) is 0 Å². The van der Waals surface area contributed by atoms with Gasteiger partial charge in [0.25, 0.3) is 5.91 Å². The molecule has 22 heavy (non-hydrogen) atoms. The monoisotopic (exact) mass is 315 g/mol. The average Bonchev–Trinajstić information content (AvgIpc) is 3.08. The minimum Gasteiger partial charge on any atom is -0.373 e. The third kappa shape index (κ3) is 3.08. The summed E-state index contributed by atoms with van der Waals surface area (Å²) in [6.45, 7) is 5.97. The molecule has 0 saturated heterocycles. The van der Waals surface area contributed by atoms with Gasteiger partial charge in [-0.3, -0.25) is 9.78 Å². The Hall–Kier alpha value is -2.05. The Balaban J connectivity index is 1.75. The van der Waals surface area contributed by atoms with Crippen LogP contribution in [0.5, 0.6) is 0 Å². The Kier molecular flexibility index (Phi) is 4.60. The second-order valence-corrected chi connectivity index (χ2v) is 5.81. The topological polar surface area (TPSA) is 55.3 Å². The fourth-order valence-corrected chi connectivity index (χ4v) is 3.12. The van der Waals surface area contributed by atoms with Gasteiger partial charge >= 0.3 is 0 Å². The number of thiazole rings is 1. The summed E-state index contributed by atoms with van der Waals surface area (Å²) >= 11 is 1.44. The molecular formula is C16H17N3O2S. The summed E-state index contributed by atoms with van der Waals surface area (Å²) in [5.74, 6) is -0.0137. The van der Waals surface area contributed by atoms with Crippen LogP contribution in [0.3, 0.4) is 0 Å². The molecule has 0 fully saturated rings. The molecule has 0 unspecified atom stereocenters. The zero-order valence-electron chi connectivity index (χ0n) is 12.2. The lowest BCUT2D eigenvalue weighted by Gasteiger charge is -2.29. The summed E-state index contributed by atoms with van der Waals surface area (Å²) in [6.07, 6.45) is 6.24. The average molecular weight is 315 g/mol. The van der Waals surface area contributed by atoms with Gasteiger partial charge in [0.05, 0.1) is 18.7 Å².